The lowest BCUT2D eigenvalue weighted by atomic mass is 10.3. The number of thiazole rings is 1. The third-order valence-corrected chi connectivity index (χ3v) is 3.44. The van der Waals surface area contributed by atoms with E-state index in [2.05, 4.69) is 10.3 Å². The largest absolute Gasteiger partial charge is 0.489 e. The minimum absolute atomic E-state index is 0.515. The molecule has 0 bridgehead atoms. The fraction of sp³-hybridized carbons (Fsp3) is 0.357. The van der Waals surface area contributed by atoms with Crippen LogP contribution in [0.2, 0.25) is 5.02 Å². The lowest BCUT2D eigenvalue weighted by molar-refractivity contribution is 0.110. The van der Waals surface area contributed by atoms with Gasteiger partial charge in [0.25, 0.3) is 0 Å². The molecule has 1 N–H and O–H groups in total. The molecule has 1 aromatic heterocycles. The second-order valence-corrected chi connectivity index (χ2v) is 5.17. The van der Waals surface area contributed by atoms with Crippen molar-refractivity contribution in [1.82, 2.24) is 4.98 Å². The van der Waals surface area contributed by atoms with Gasteiger partial charge in [-0.25, -0.2) is 4.98 Å². The van der Waals surface area contributed by atoms with Gasteiger partial charge in [0.1, 0.15) is 12.4 Å². The van der Waals surface area contributed by atoms with E-state index in [-0.39, 0.29) is 0 Å². The first-order valence-electron chi connectivity index (χ1n) is 6.40. The van der Waals surface area contributed by atoms with Crippen molar-refractivity contribution in [1.29, 1.82) is 0 Å². The van der Waals surface area contributed by atoms with Crippen molar-refractivity contribution in [2.45, 2.75) is 13.5 Å². The molecule has 0 aliphatic rings. The Balaban J connectivity index is 1.96. The fourth-order valence-electron chi connectivity index (χ4n) is 1.63. The Morgan fingerprint density at radius 1 is 1.35 bits per heavy atom. The predicted molar refractivity (Wildman–Crippen MR) is 82.9 cm³/mol. The van der Waals surface area contributed by atoms with Gasteiger partial charge in [0.05, 0.1) is 30.0 Å². The summed E-state index contributed by atoms with van der Waals surface area (Å²) in [6.45, 7) is 4.39. The highest BCUT2D eigenvalue weighted by molar-refractivity contribution is 7.07. The Hall–Kier alpha value is -1.30. The van der Waals surface area contributed by atoms with E-state index in [0.29, 0.717) is 31.4 Å². The lowest BCUT2D eigenvalue weighted by Crippen LogP contribution is -2.08. The fourth-order valence-corrected chi connectivity index (χ4v) is 2.36. The summed E-state index contributed by atoms with van der Waals surface area (Å²) in [4.78, 5) is 4.23. The predicted octanol–water partition coefficient (Wildman–Crippen LogP) is 3.82. The van der Waals surface area contributed by atoms with Crippen molar-refractivity contribution in [2.24, 2.45) is 0 Å². The first kappa shape index (κ1) is 15.1. The van der Waals surface area contributed by atoms with Gasteiger partial charge in [-0.2, -0.15) is 0 Å². The van der Waals surface area contributed by atoms with Crippen molar-refractivity contribution in [3.63, 3.8) is 0 Å². The normalized spacial score (nSPS) is 10.5. The van der Waals surface area contributed by atoms with Crippen molar-refractivity contribution >= 4 is 28.6 Å². The molecule has 20 heavy (non-hydrogen) atoms. The molecular weight excluding hydrogens is 296 g/mol. The molecule has 1 aromatic carbocycles. The van der Waals surface area contributed by atoms with Gasteiger partial charge in [0, 0.05) is 17.0 Å². The molecule has 0 aliphatic carbocycles. The zero-order valence-corrected chi connectivity index (χ0v) is 12.8. The number of hydrogen-bond donors (Lipinski definition) is 1. The molecule has 0 unspecified atom stereocenters. The minimum atomic E-state index is 0.515. The van der Waals surface area contributed by atoms with Crippen LogP contribution in [0.1, 0.15) is 12.6 Å². The Morgan fingerprint density at radius 3 is 3.00 bits per heavy atom. The van der Waals surface area contributed by atoms with Gasteiger partial charge in [0.15, 0.2) is 0 Å². The first-order chi connectivity index (χ1) is 9.79. The maximum absolute atomic E-state index is 6.03. The molecule has 0 spiro atoms. The molecule has 108 valence electrons. The summed E-state index contributed by atoms with van der Waals surface area (Å²) in [6, 6.07) is 5.52. The van der Waals surface area contributed by atoms with E-state index in [1.54, 1.807) is 11.3 Å². The van der Waals surface area contributed by atoms with Gasteiger partial charge in [-0.3, -0.25) is 0 Å². The number of aromatic nitrogens is 1. The molecule has 2 aromatic rings. The van der Waals surface area contributed by atoms with Crippen LogP contribution in [0, 0.1) is 0 Å². The highest BCUT2D eigenvalue weighted by atomic mass is 35.5. The highest BCUT2D eigenvalue weighted by Gasteiger charge is 2.05. The molecule has 4 nitrogen and oxygen atoms in total. The molecule has 0 amide bonds. The molecule has 0 atom stereocenters. The quantitative estimate of drug-likeness (QED) is 0.752. The summed E-state index contributed by atoms with van der Waals surface area (Å²) < 4.78 is 11.0. The van der Waals surface area contributed by atoms with E-state index in [4.69, 9.17) is 21.1 Å². The maximum Gasteiger partial charge on any atom is 0.142 e. The highest BCUT2D eigenvalue weighted by Crippen LogP contribution is 2.28. The maximum atomic E-state index is 6.03. The Labute approximate surface area is 127 Å². The molecule has 0 fully saturated rings. The summed E-state index contributed by atoms with van der Waals surface area (Å²) >= 11 is 7.60. The third kappa shape index (κ3) is 4.67. The van der Waals surface area contributed by atoms with Crippen LogP contribution < -0.4 is 10.1 Å². The van der Waals surface area contributed by atoms with Crippen molar-refractivity contribution in [3.8, 4) is 5.75 Å². The Bertz CT molecular complexity index is 520. The number of ether oxygens (including phenoxy) is 2. The standard InChI is InChI=1S/C14H17ClN2O2S/c1-2-18-5-6-19-14-4-3-11(15)7-13(14)16-8-12-9-20-10-17-12/h3-4,7,9-10,16H,2,5-6,8H2,1H3. The van der Waals surface area contributed by atoms with Gasteiger partial charge < -0.3 is 14.8 Å². The van der Waals surface area contributed by atoms with Crippen LogP contribution in [0.5, 0.6) is 5.75 Å². The molecule has 1 heterocycles. The summed E-state index contributed by atoms with van der Waals surface area (Å²) in [5, 5.41) is 5.97. The topological polar surface area (TPSA) is 43.4 Å². The minimum Gasteiger partial charge on any atom is -0.489 e. The van der Waals surface area contributed by atoms with E-state index in [0.717, 1.165) is 17.1 Å². The van der Waals surface area contributed by atoms with Crippen molar-refractivity contribution in [2.75, 3.05) is 25.1 Å². The van der Waals surface area contributed by atoms with Crippen LogP contribution in [-0.2, 0) is 11.3 Å². The van der Waals surface area contributed by atoms with Crippen LogP contribution in [0.3, 0.4) is 0 Å². The molecular formula is C14H17ClN2O2S. The monoisotopic (exact) mass is 312 g/mol. The first-order valence-corrected chi connectivity index (χ1v) is 7.72. The molecule has 6 heteroatoms. The number of anilines is 1. The van der Waals surface area contributed by atoms with Gasteiger partial charge in [-0.15, -0.1) is 11.3 Å². The number of benzene rings is 1. The van der Waals surface area contributed by atoms with Crippen molar-refractivity contribution in [3.05, 3.63) is 39.8 Å². The van der Waals surface area contributed by atoms with Gasteiger partial charge in [-0.1, -0.05) is 11.6 Å². The third-order valence-electron chi connectivity index (χ3n) is 2.57. The van der Waals surface area contributed by atoms with E-state index in [9.17, 15) is 0 Å². The number of hydrogen-bond acceptors (Lipinski definition) is 5. The summed E-state index contributed by atoms with van der Waals surface area (Å²) in [6.07, 6.45) is 0. The molecule has 0 aliphatic heterocycles. The molecule has 0 saturated carbocycles. The van der Waals surface area contributed by atoms with Crippen LogP contribution in [0.15, 0.2) is 29.1 Å². The SMILES string of the molecule is CCOCCOc1ccc(Cl)cc1NCc1cscn1. The number of nitrogens with zero attached hydrogens (tertiary/aromatic N) is 1. The Kier molecular flexibility index (Phi) is 6.11. The second-order valence-electron chi connectivity index (χ2n) is 4.02. The molecule has 0 radical (unpaired) electrons. The van der Waals surface area contributed by atoms with Gasteiger partial charge >= 0.3 is 0 Å². The summed E-state index contributed by atoms with van der Waals surface area (Å²) in [7, 11) is 0. The average Bonchev–Trinajstić information content (AvgIpc) is 2.96. The zero-order chi connectivity index (χ0) is 14.2. The smallest absolute Gasteiger partial charge is 0.142 e. The van der Waals surface area contributed by atoms with E-state index < -0.39 is 0 Å². The zero-order valence-electron chi connectivity index (χ0n) is 11.3. The summed E-state index contributed by atoms with van der Waals surface area (Å²) in [5.74, 6) is 0.768. The average molecular weight is 313 g/mol. The van der Waals surface area contributed by atoms with Crippen LogP contribution in [-0.4, -0.2) is 24.8 Å². The van der Waals surface area contributed by atoms with Crippen molar-refractivity contribution < 1.29 is 9.47 Å². The number of halogens is 1. The van der Waals surface area contributed by atoms with Crippen LogP contribution >= 0.6 is 22.9 Å². The van der Waals surface area contributed by atoms with Crippen LogP contribution in [0.25, 0.3) is 0 Å². The van der Waals surface area contributed by atoms with E-state index in [1.165, 1.54) is 0 Å². The molecule has 0 saturated heterocycles. The van der Waals surface area contributed by atoms with E-state index in [1.807, 2.05) is 36.0 Å². The Morgan fingerprint density at radius 2 is 2.25 bits per heavy atom. The van der Waals surface area contributed by atoms with Gasteiger partial charge in [0.2, 0.25) is 0 Å². The summed E-state index contributed by atoms with van der Waals surface area (Å²) in [5.41, 5.74) is 3.67. The second kappa shape index (κ2) is 8.09. The van der Waals surface area contributed by atoms with Gasteiger partial charge in [-0.05, 0) is 25.1 Å². The molecule has 2 rings (SSSR count). The number of nitrogens with one attached hydrogen (secondary N) is 1. The lowest BCUT2D eigenvalue weighted by Gasteiger charge is -2.13. The van der Waals surface area contributed by atoms with Crippen LogP contribution in [0.4, 0.5) is 5.69 Å². The van der Waals surface area contributed by atoms with E-state index >= 15 is 0 Å². The number of rotatable bonds is 8.